The van der Waals surface area contributed by atoms with Crippen LogP contribution in [-0.4, -0.2) is 9.46 Å². The minimum absolute atomic E-state index is 0.793. The van der Waals surface area contributed by atoms with Crippen molar-refractivity contribution in [1.82, 2.24) is 4.57 Å². The number of para-hydroxylation sites is 4. The van der Waals surface area contributed by atoms with Gasteiger partial charge < -0.3 is 0 Å². The molecule has 1 aromatic heterocycles. The van der Waals surface area contributed by atoms with Gasteiger partial charge in [-0.1, -0.05) is 6.07 Å². The van der Waals surface area contributed by atoms with Crippen LogP contribution in [0.25, 0.3) is 49.7 Å². The SMILES string of the molecule is O[PH]1(c2ccccc2)c2ccccc2C2(c3ccccc3-n3c4ccccc4c4cccc2c43)c2cc(N(c3ccc(-c4ccccc4)cc3)c3ccccc3-c3ccccc3)ccc21. The molecule has 0 aliphatic carbocycles. The van der Waals surface area contributed by atoms with Crippen molar-refractivity contribution < 1.29 is 4.89 Å². The molecule has 10 aromatic carbocycles. The minimum atomic E-state index is -3.64. The monoisotopic (exact) mass is 850 g/mol. The fourth-order valence-electron chi connectivity index (χ4n) is 11.4. The van der Waals surface area contributed by atoms with Crippen molar-refractivity contribution in [3.05, 3.63) is 271 Å². The van der Waals surface area contributed by atoms with Gasteiger partial charge in [0.2, 0.25) is 0 Å². The Morgan fingerprint density at radius 3 is 1.77 bits per heavy atom. The van der Waals surface area contributed by atoms with Crippen LogP contribution < -0.4 is 20.8 Å². The summed E-state index contributed by atoms with van der Waals surface area (Å²) in [6, 6.07) is 89.8. The van der Waals surface area contributed by atoms with Crippen molar-refractivity contribution >= 4 is 62.3 Å². The van der Waals surface area contributed by atoms with Crippen molar-refractivity contribution in [2.45, 2.75) is 5.41 Å². The van der Waals surface area contributed by atoms with E-state index in [-0.39, 0.29) is 0 Å². The number of fused-ring (bicyclic) bond motifs is 11. The zero-order valence-electron chi connectivity index (χ0n) is 35.5. The van der Waals surface area contributed by atoms with Gasteiger partial charge in [-0.05, 0) is 0 Å². The summed E-state index contributed by atoms with van der Waals surface area (Å²) in [6.45, 7) is 0. The Kier molecular flexibility index (Phi) is 8.48. The average Bonchev–Trinajstić information content (AvgIpc) is 3.73. The quantitative estimate of drug-likeness (QED) is 0.169. The Labute approximate surface area is 379 Å². The number of hydrogen-bond acceptors (Lipinski definition) is 2. The predicted molar refractivity (Wildman–Crippen MR) is 274 cm³/mol. The second kappa shape index (κ2) is 14.6. The summed E-state index contributed by atoms with van der Waals surface area (Å²) < 4.78 is 2.48. The van der Waals surface area contributed by atoms with E-state index in [1.54, 1.807) is 0 Å². The van der Waals surface area contributed by atoms with Crippen molar-refractivity contribution in [2.75, 3.05) is 4.90 Å². The standard InChI is InChI=1S/C61H43N2OP/c64-65(47-23-8-3-9-24-47)58-34-17-13-29-52(58)61(51-28-12-16-33-57(51)63-56-32-15-11-26-49(56)50-27-18-30-53(61)60(50)63)54-41-46(39-40-59(54)65)62(45-37-35-43(36-38-45)42-19-4-1-5-20-42)55-31-14-10-25-48(55)44-21-6-2-7-22-44/h1-41,64-65H. The van der Waals surface area contributed by atoms with Crippen LogP contribution in [0.5, 0.6) is 0 Å². The molecule has 65 heavy (non-hydrogen) atoms. The fraction of sp³-hybridized carbons (Fsp3) is 0.0164. The number of nitrogens with zero attached hydrogens (tertiary/aromatic N) is 2. The molecular formula is C61H43N2OP. The molecule has 1 N–H and O–H groups in total. The van der Waals surface area contributed by atoms with E-state index in [9.17, 15) is 4.89 Å². The summed E-state index contributed by atoms with van der Waals surface area (Å²) in [5, 5.41) is 5.44. The summed E-state index contributed by atoms with van der Waals surface area (Å²) in [5.74, 6) is 0. The van der Waals surface area contributed by atoms with Crippen molar-refractivity contribution in [3.63, 3.8) is 0 Å². The third-order valence-electron chi connectivity index (χ3n) is 14.1. The summed E-state index contributed by atoms with van der Waals surface area (Å²) in [5.41, 5.74) is 15.1. The maximum atomic E-state index is 14.0. The topological polar surface area (TPSA) is 28.4 Å². The van der Waals surface area contributed by atoms with Gasteiger partial charge >= 0.3 is 375 Å². The first kappa shape index (κ1) is 37.7. The maximum absolute atomic E-state index is 14.0. The molecule has 308 valence electrons. The zero-order valence-corrected chi connectivity index (χ0v) is 36.5. The van der Waals surface area contributed by atoms with Crippen LogP contribution in [0, 0.1) is 0 Å². The average molecular weight is 851 g/mol. The molecule has 4 heteroatoms. The molecule has 2 aliphatic heterocycles. The van der Waals surface area contributed by atoms with E-state index in [1.807, 2.05) is 6.07 Å². The molecule has 0 bridgehead atoms. The Morgan fingerprint density at radius 1 is 0.400 bits per heavy atom. The van der Waals surface area contributed by atoms with Crippen LogP contribution in [0.15, 0.2) is 249 Å². The van der Waals surface area contributed by atoms with E-state index in [0.717, 1.165) is 66.5 Å². The normalized spacial score (nSPS) is 15.8. The summed E-state index contributed by atoms with van der Waals surface area (Å²) >= 11 is 0. The third kappa shape index (κ3) is 5.38. The van der Waals surface area contributed by atoms with Gasteiger partial charge in [-0.15, -0.1) is 0 Å². The third-order valence-corrected chi connectivity index (χ3v) is 17.7. The molecule has 1 unspecified atom stereocenters. The Hall–Kier alpha value is -7.81. The van der Waals surface area contributed by atoms with Gasteiger partial charge in [0, 0.05) is 0 Å². The van der Waals surface area contributed by atoms with Crippen molar-refractivity contribution in [1.29, 1.82) is 0 Å². The second-order valence-electron chi connectivity index (χ2n) is 17.3. The van der Waals surface area contributed by atoms with Crippen LogP contribution in [-0.2, 0) is 5.41 Å². The molecule has 13 rings (SSSR count). The van der Waals surface area contributed by atoms with Crippen LogP contribution in [0.4, 0.5) is 17.1 Å². The molecule has 0 fully saturated rings. The molecule has 0 radical (unpaired) electrons. The number of hydrogen-bond donors (Lipinski definition) is 1. The van der Waals surface area contributed by atoms with E-state index in [2.05, 4.69) is 252 Å². The van der Waals surface area contributed by atoms with Gasteiger partial charge in [0.05, 0.1) is 0 Å². The molecule has 1 atom stereocenters. The Balaban J connectivity index is 1.16. The van der Waals surface area contributed by atoms with E-state index in [1.165, 1.54) is 38.5 Å². The fourth-order valence-corrected chi connectivity index (χ4v) is 14.9. The second-order valence-corrected chi connectivity index (χ2v) is 20.4. The van der Waals surface area contributed by atoms with Gasteiger partial charge in [0.15, 0.2) is 0 Å². The molecule has 3 nitrogen and oxygen atoms in total. The molecule has 0 amide bonds. The Bertz CT molecular complexity index is 3620. The predicted octanol–water partition coefficient (Wildman–Crippen LogP) is 13.5. The van der Waals surface area contributed by atoms with Gasteiger partial charge in [0.25, 0.3) is 0 Å². The zero-order chi connectivity index (χ0) is 43.1. The summed E-state index contributed by atoms with van der Waals surface area (Å²) in [4.78, 5) is 16.4. The number of rotatable bonds is 6. The first-order valence-electron chi connectivity index (χ1n) is 22.4. The van der Waals surface area contributed by atoms with Crippen LogP contribution in [0.1, 0.15) is 22.3 Å². The van der Waals surface area contributed by atoms with E-state index in [4.69, 9.17) is 0 Å². The van der Waals surface area contributed by atoms with Gasteiger partial charge in [-0.25, -0.2) is 0 Å². The van der Waals surface area contributed by atoms with Crippen molar-refractivity contribution in [3.8, 4) is 27.9 Å². The van der Waals surface area contributed by atoms with E-state index in [0.29, 0.717) is 0 Å². The van der Waals surface area contributed by atoms with Crippen LogP contribution in [0.3, 0.4) is 0 Å². The Morgan fingerprint density at radius 2 is 0.969 bits per heavy atom. The molecule has 1 spiro atoms. The first-order chi connectivity index (χ1) is 32.2. The van der Waals surface area contributed by atoms with Crippen LogP contribution in [0.2, 0.25) is 0 Å². The van der Waals surface area contributed by atoms with Gasteiger partial charge in [-0.2, -0.15) is 0 Å². The first-order valence-corrected chi connectivity index (χ1v) is 24.4. The van der Waals surface area contributed by atoms with E-state index < -0.39 is 12.9 Å². The van der Waals surface area contributed by atoms with Gasteiger partial charge in [0.1, 0.15) is 0 Å². The number of benzene rings is 10. The molecule has 3 heterocycles. The molecule has 0 saturated carbocycles. The summed E-state index contributed by atoms with van der Waals surface area (Å²) in [6.07, 6.45) is 0. The molecule has 11 aromatic rings. The van der Waals surface area contributed by atoms with Gasteiger partial charge in [-0.3, -0.25) is 0 Å². The van der Waals surface area contributed by atoms with Crippen molar-refractivity contribution in [2.24, 2.45) is 0 Å². The number of anilines is 3. The molecule has 2 aliphatic rings. The van der Waals surface area contributed by atoms with Crippen LogP contribution >= 0.6 is 7.49 Å². The number of aromatic nitrogens is 1. The molecule has 0 saturated heterocycles. The summed E-state index contributed by atoms with van der Waals surface area (Å²) in [7, 11) is -3.64. The molecular weight excluding hydrogens is 808 g/mol. The van der Waals surface area contributed by atoms with E-state index >= 15 is 0 Å².